The number of benzene rings is 2. The molecule has 110 valence electrons. The summed E-state index contributed by atoms with van der Waals surface area (Å²) in [5.74, 6) is 0. The number of rotatable bonds is 2. The predicted octanol–water partition coefficient (Wildman–Crippen LogP) is 6.30. The van der Waals surface area contributed by atoms with Gasteiger partial charge in [-0.25, -0.2) is 0 Å². The Balaban J connectivity index is 0.00000156. The molecule has 1 aromatic heterocycles. The lowest BCUT2D eigenvalue weighted by atomic mass is 10.1. The maximum Gasteiger partial charge on any atom is 0.0476 e. The van der Waals surface area contributed by atoms with Gasteiger partial charge in [0, 0.05) is 33.4 Å². The summed E-state index contributed by atoms with van der Waals surface area (Å²) in [7, 11) is 0. The number of aromatic nitrogens is 1. The van der Waals surface area contributed by atoms with Crippen molar-refractivity contribution in [2.75, 3.05) is 0 Å². The molecular weight excluding hydrogens is 286 g/mol. The van der Waals surface area contributed by atoms with Gasteiger partial charge in [0.2, 0.25) is 0 Å². The maximum absolute atomic E-state index is 3.56. The highest BCUT2D eigenvalue weighted by atomic mass is 32.2. The molecule has 0 amide bonds. The number of nitrogens with one attached hydrogen (secondary N) is 1. The third kappa shape index (κ3) is 2.30. The van der Waals surface area contributed by atoms with Crippen molar-refractivity contribution in [3.05, 3.63) is 71.4 Å². The highest BCUT2D eigenvalue weighted by Crippen LogP contribution is 2.40. The molecule has 1 heterocycles. The van der Waals surface area contributed by atoms with E-state index in [9.17, 15) is 0 Å². The first kappa shape index (κ1) is 13.5. The van der Waals surface area contributed by atoms with Crippen molar-refractivity contribution in [2.45, 2.75) is 23.1 Å². The lowest BCUT2D eigenvalue weighted by Gasteiger charge is -2.08. The molecule has 0 radical (unpaired) electrons. The minimum Gasteiger partial charge on any atom is -0.354 e. The largest absolute Gasteiger partial charge is 0.354 e. The zero-order valence-corrected chi connectivity index (χ0v) is 13.3. The van der Waals surface area contributed by atoms with Crippen LogP contribution in [0.1, 0.15) is 24.7 Å². The Morgan fingerprint density at radius 3 is 2.68 bits per heavy atom. The van der Waals surface area contributed by atoms with Crippen LogP contribution in [0.25, 0.3) is 23.1 Å². The van der Waals surface area contributed by atoms with E-state index >= 15 is 0 Å². The van der Waals surface area contributed by atoms with Gasteiger partial charge < -0.3 is 4.98 Å². The summed E-state index contributed by atoms with van der Waals surface area (Å²) in [5.41, 5.74) is 5.06. The van der Waals surface area contributed by atoms with E-state index in [4.69, 9.17) is 0 Å². The zero-order valence-electron chi connectivity index (χ0n) is 12.5. The van der Waals surface area contributed by atoms with E-state index in [1.807, 2.05) is 11.8 Å². The number of hydrogen-bond acceptors (Lipinski definition) is 1. The first-order chi connectivity index (χ1) is 10.8. The van der Waals surface area contributed by atoms with Gasteiger partial charge in [0.05, 0.1) is 0 Å². The van der Waals surface area contributed by atoms with Crippen LogP contribution >= 0.6 is 11.8 Å². The Bertz CT molecular complexity index is 891. The fourth-order valence-corrected chi connectivity index (χ4v) is 3.98. The van der Waals surface area contributed by atoms with Crippen molar-refractivity contribution < 1.29 is 1.43 Å². The molecule has 0 fully saturated rings. The average Bonchev–Trinajstić information content (AvgIpc) is 2.73. The summed E-state index contributed by atoms with van der Waals surface area (Å²) in [4.78, 5) is 6.19. The number of aromatic amines is 1. The van der Waals surface area contributed by atoms with E-state index < -0.39 is 0 Å². The van der Waals surface area contributed by atoms with E-state index in [0.29, 0.717) is 0 Å². The Morgan fingerprint density at radius 1 is 1.00 bits per heavy atom. The van der Waals surface area contributed by atoms with Crippen molar-refractivity contribution in [3.63, 3.8) is 0 Å². The summed E-state index contributed by atoms with van der Waals surface area (Å²) >= 11 is 1.85. The normalized spacial score (nSPS) is 13.3. The van der Waals surface area contributed by atoms with Crippen molar-refractivity contribution in [2.24, 2.45) is 0 Å². The Labute approximate surface area is 136 Å². The molecule has 0 aliphatic heterocycles. The van der Waals surface area contributed by atoms with E-state index in [1.54, 1.807) is 0 Å². The van der Waals surface area contributed by atoms with E-state index in [-0.39, 0.29) is 1.43 Å². The molecule has 4 rings (SSSR count). The van der Waals surface area contributed by atoms with Crippen LogP contribution in [0.15, 0.2) is 64.4 Å². The lowest BCUT2D eigenvalue weighted by molar-refractivity contribution is 1.33. The highest BCUT2D eigenvalue weighted by molar-refractivity contribution is 7.99. The van der Waals surface area contributed by atoms with Crippen LogP contribution in [-0.4, -0.2) is 4.98 Å². The molecule has 0 saturated carbocycles. The average molecular weight is 305 g/mol. The highest BCUT2D eigenvalue weighted by Gasteiger charge is 2.15. The minimum absolute atomic E-state index is 0. The third-order valence-corrected chi connectivity index (χ3v) is 5.23. The second kappa shape index (κ2) is 5.54. The molecule has 2 aromatic carbocycles. The summed E-state index contributed by atoms with van der Waals surface area (Å²) in [6.45, 7) is 2.19. The smallest absolute Gasteiger partial charge is 0.0476 e. The molecule has 1 nitrogen and oxygen atoms in total. The van der Waals surface area contributed by atoms with Crippen LogP contribution < -0.4 is 0 Å². The Morgan fingerprint density at radius 2 is 1.82 bits per heavy atom. The van der Waals surface area contributed by atoms with Crippen LogP contribution in [0.4, 0.5) is 0 Å². The van der Waals surface area contributed by atoms with Gasteiger partial charge in [-0.15, -0.1) is 0 Å². The molecule has 1 aliphatic carbocycles. The van der Waals surface area contributed by atoms with E-state index in [2.05, 4.69) is 78.7 Å². The van der Waals surface area contributed by atoms with Gasteiger partial charge in [-0.1, -0.05) is 54.3 Å². The quantitative estimate of drug-likeness (QED) is 0.587. The van der Waals surface area contributed by atoms with Crippen LogP contribution in [0.5, 0.6) is 0 Å². The SMILES string of the molecule is Cc1ccc2[nH]c3c(c2c1Sc1ccccc1)C=CCC=C3.[HH]. The fourth-order valence-electron chi connectivity index (χ4n) is 2.90. The number of hydrogen-bond donors (Lipinski definition) is 1. The van der Waals surface area contributed by atoms with Crippen LogP contribution in [0.2, 0.25) is 0 Å². The van der Waals surface area contributed by atoms with Crippen LogP contribution in [0, 0.1) is 6.92 Å². The molecule has 0 bridgehead atoms. The molecule has 0 atom stereocenters. The zero-order chi connectivity index (χ0) is 14.9. The molecule has 3 aromatic rings. The van der Waals surface area contributed by atoms with Crippen LogP contribution in [0.3, 0.4) is 0 Å². The second-order valence-corrected chi connectivity index (χ2v) is 6.63. The summed E-state index contributed by atoms with van der Waals surface area (Å²) in [5, 5.41) is 1.34. The van der Waals surface area contributed by atoms with Gasteiger partial charge in [0.1, 0.15) is 0 Å². The van der Waals surface area contributed by atoms with Gasteiger partial charge in [-0.05, 0) is 43.2 Å². The summed E-state index contributed by atoms with van der Waals surface area (Å²) < 4.78 is 0. The van der Waals surface area contributed by atoms with Gasteiger partial charge in [0.15, 0.2) is 0 Å². The lowest BCUT2D eigenvalue weighted by Crippen LogP contribution is -1.83. The maximum atomic E-state index is 3.56. The summed E-state index contributed by atoms with van der Waals surface area (Å²) in [6, 6.07) is 15.0. The van der Waals surface area contributed by atoms with E-state index in [0.717, 1.165) is 6.42 Å². The van der Waals surface area contributed by atoms with E-state index in [1.165, 1.54) is 37.5 Å². The first-order valence-corrected chi connectivity index (χ1v) is 8.36. The molecule has 0 saturated heterocycles. The fraction of sp³-hybridized carbons (Fsp3) is 0.100. The molecule has 1 N–H and O–H groups in total. The van der Waals surface area contributed by atoms with Crippen molar-refractivity contribution in [1.29, 1.82) is 0 Å². The molecule has 0 unspecified atom stereocenters. The minimum atomic E-state index is 0. The number of allylic oxidation sites excluding steroid dienone is 2. The number of fused-ring (bicyclic) bond motifs is 3. The van der Waals surface area contributed by atoms with Gasteiger partial charge in [0.25, 0.3) is 0 Å². The molecule has 2 heteroatoms. The first-order valence-electron chi connectivity index (χ1n) is 7.54. The van der Waals surface area contributed by atoms with Gasteiger partial charge >= 0.3 is 0 Å². The molecular formula is C20H19NS. The molecule has 22 heavy (non-hydrogen) atoms. The van der Waals surface area contributed by atoms with Gasteiger partial charge in [-0.3, -0.25) is 0 Å². The molecule has 1 aliphatic rings. The Kier molecular flexibility index (Phi) is 3.39. The topological polar surface area (TPSA) is 15.8 Å². The second-order valence-electron chi connectivity index (χ2n) is 5.54. The number of H-pyrrole nitrogens is 1. The van der Waals surface area contributed by atoms with Crippen molar-refractivity contribution in [3.8, 4) is 0 Å². The molecule has 0 spiro atoms. The van der Waals surface area contributed by atoms with Crippen molar-refractivity contribution >= 4 is 34.8 Å². The monoisotopic (exact) mass is 305 g/mol. The van der Waals surface area contributed by atoms with Gasteiger partial charge in [-0.2, -0.15) is 0 Å². The number of aryl methyl sites for hydroxylation is 1. The Hall–Kier alpha value is -2.19. The predicted molar refractivity (Wildman–Crippen MR) is 98.4 cm³/mol. The van der Waals surface area contributed by atoms with Crippen LogP contribution in [-0.2, 0) is 0 Å². The van der Waals surface area contributed by atoms with Crippen molar-refractivity contribution in [1.82, 2.24) is 4.98 Å². The third-order valence-electron chi connectivity index (χ3n) is 3.99. The standard InChI is InChI=1S/C20H17NS.H2/c1-14-12-13-18-19(16-10-6-3-7-11-17(16)21-18)20(14)22-15-8-4-2-5-9-15;/h2,4-13,21H,3H2,1H3;1H. The summed E-state index contributed by atoms with van der Waals surface area (Å²) in [6.07, 6.45) is 9.88.